The second-order valence-electron chi connectivity index (χ2n) is 6.98. The second kappa shape index (κ2) is 4.53. The number of nitrogens with one attached hydrogen (secondary N) is 1. The Bertz CT molecular complexity index is 459. The van der Waals surface area contributed by atoms with Crippen LogP contribution in [0, 0.1) is 18.8 Å². The predicted molar refractivity (Wildman–Crippen MR) is 77.3 cm³/mol. The topological polar surface area (TPSA) is 29.9 Å². The molecule has 1 aromatic heterocycles. The molecule has 4 rings (SSSR count). The van der Waals surface area contributed by atoms with Crippen molar-refractivity contribution >= 4 is 5.95 Å². The summed E-state index contributed by atoms with van der Waals surface area (Å²) in [7, 11) is 0. The Balaban J connectivity index is 1.57. The zero-order chi connectivity index (χ0) is 12.8. The molecule has 3 nitrogen and oxygen atoms in total. The zero-order valence-corrected chi connectivity index (χ0v) is 11.9. The molecule has 3 aliphatic rings. The summed E-state index contributed by atoms with van der Waals surface area (Å²) >= 11 is 0. The fourth-order valence-corrected chi connectivity index (χ4v) is 4.68. The van der Waals surface area contributed by atoms with E-state index in [4.69, 9.17) is 4.98 Å². The Morgan fingerprint density at radius 1 is 1.16 bits per heavy atom. The molecule has 3 atom stereocenters. The van der Waals surface area contributed by atoms with Crippen LogP contribution in [0.15, 0.2) is 6.20 Å². The van der Waals surface area contributed by atoms with Crippen LogP contribution in [0.4, 0.5) is 5.95 Å². The molecule has 3 aliphatic carbocycles. The molecule has 0 aromatic carbocycles. The van der Waals surface area contributed by atoms with Gasteiger partial charge in [-0.15, -0.1) is 0 Å². The number of aromatic nitrogens is 2. The van der Waals surface area contributed by atoms with Crippen molar-refractivity contribution < 1.29 is 0 Å². The summed E-state index contributed by atoms with van der Waals surface area (Å²) < 4.78 is 2.48. The fourth-order valence-electron chi connectivity index (χ4n) is 4.68. The van der Waals surface area contributed by atoms with E-state index in [0.717, 1.165) is 23.8 Å². The van der Waals surface area contributed by atoms with Crippen LogP contribution in [0.25, 0.3) is 0 Å². The van der Waals surface area contributed by atoms with Gasteiger partial charge in [0.1, 0.15) is 0 Å². The van der Waals surface area contributed by atoms with Crippen LogP contribution < -0.4 is 5.32 Å². The molecule has 0 saturated heterocycles. The number of nitrogens with zero attached hydrogens (tertiary/aromatic N) is 2. The first-order chi connectivity index (χ1) is 9.29. The SMILES string of the molecule is Cc1cn(C2CC3CCC2C3)c(NC2CCCC2)n1. The smallest absolute Gasteiger partial charge is 0.203 e. The third-order valence-electron chi connectivity index (χ3n) is 5.60. The van der Waals surface area contributed by atoms with E-state index in [-0.39, 0.29) is 0 Å². The second-order valence-corrected chi connectivity index (χ2v) is 6.98. The van der Waals surface area contributed by atoms with Crippen molar-refractivity contribution in [1.29, 1.82) is 0 Å². The van der Waals surface area contributed by atoms with Crippen molar-refractivity contribution in [2.24, 2.45) is 11.8 Å². The highest BCUT2D eigenvalue weighted by molar-refractivity contribution is 5.32. The van der Waals surface area contributed by atoms with E-state index in [2.05, 4.69) is 23.0 Å². The van der Waals surface area contributed by atoms with Crippen LogP contribution in [0.5, 0.6) is 0 Å². The molecule has 3 heteroatoms. The van der Waals surface area contributed by atoms with E-state index in [9.17, 15) is 0 Å². The van der Waals surface area contributed by atoms with Crippen molar-refractivity contribution in [1.82, 2.24) is 9.55 Å². The van der Waals surface area contributed by atoms with E-state index in [0.29, 0.717) is 6.04 Å². The maximum absolute atomic E-state index is 4.75. The van der Waals surface area contributed by atoms with Gasteiger partial charge in [0.05, 0.1) is 5.69 Å². The van der Waals surface area contributed by atoms with E-state index in [1.807, 2.05) is 0 Å². The first-order valence-electron chi connectivity index (χ1n) is 8.11. The average molecular weight is 259 g/mol. The number of rotatable bonds is 3. The predicted octanol–water partition coefficient (Wildman–Crippen LogP) is 3.91. The van der Waals surface area contributed by atoms with Gasteiger partial charge in [-0.25, -0.2) is 4.98 Å². The van der Waals surface area contributed by atoms with E-state index in [1.165, 1.54) is 57.1 Å². The standard InChI is InChI=1S/C16H25N3/c1-11-10-19(15-9-12-6-7-13(15)8-12)16(17-11)18-14-4-2-3-5-14/h10,12-15H,2-9H2,1H3,(H,17,18). The molecule has 0 radical (unpaired) electrons. The Morgan fingerprint density at radius 2 is 2.00 bits per heavy atom. The van der Waals surface area contributed by atoms with Crippen LogP contribution in [0.3, 0.4) is 0 Å². The molecule has 3 unspecified atom stereocenters. The zero-order valence-electron chi connectivity index (χ0n) is 11.9. The van der Waals surface area contributed by atoms with Crippen LogP contribution >= 0.6 is 0 Å². The van der Waals surface area contributed by atoms with Gasteiger partial charge in [-0.05, 0) is 50.9 Å². The number of imidazole rings is 1. The monoisotopic (exact) mass is 259 g/mol. The number of anilines is 1. The van der Waals surface area contributed by atoms with Gasteiger partial charge in [-0.1, -0.05) is 19.3 Å². The molecule has 2 bridgehead atoms. The van der Waals surface area contributed by atoms with Gasteiger partial charge in [-0.3, -0.25) is 0 Å². The van der Waals surface area contributed by atoms with Crippen LogP contribution in [0.2, 0.25) is 0 Å². The fraction of sp³-hybridized carbons (Fsp3) is 0.812. The molecule has 0 aliphatic heterocycles. The maximum Gasteiger partial charge on any atom is 0.203 e. The minimum absolute atomic E-state index is 0.666. The van der Waals surface area contributed by atoms with Gasteiger partial charge in [0.25, 0.3) is 0 Å². The molecule has 0 spiro atoms. The summed E-state index contributed by atoms with van der Waals surface area (Å²) in [5, 5.41) is 3.72. The van der Waals surface area contributed by atoms with E-state index < -0.39 is 0 Å². The number of hydrogen-bond donors (Lipinski definition) is 1. The van der Waals surface area contributed by atoms with Gasteiger partial charge in [0, 0.05) is 18.3 Å². The summed E-state index contributed by atoms with van der Waals surface area (Å²) in [6.45, 7) is 2.13. The largest absolute Gasteiger partial charge is 0.353 e. The summed E-state index contributed by atoms with van der Waals surface area (Å²) in [6.07, 6.45) is 13.4. The molecular weight excluding hydrogens is 234 g/mol. The lowest BCUT2D eigenvalue weighted by molar-refractivity contribution is 0.331. The normalized spacial score (nSPS) is 34.3. The molecule has 104 valence electrons. The summed E-state index contributed by atoms with van der Waals surface area (Å²) in [5.74, 6) is 3.07. The molecule has 19 heavy (non-hydrogen) atoms. The Labute approximate surface area is 115 Å². The van der Waals surface area contributed by atoms with Crippen LogP contribution in [-0.2, 0) is 0 Å². The van der Waals surface area contributed by atoms with Gasteiger partial charge in [-0.2, -0.15) is 0 Å². The quantitative estimate of drug-likeness (QED) is 0.892. The van der Waals surface area contributed by atoms with Gasteiger partial charge in [0.2, 0.25) is 5.95 Å². The summed E-state index contributed by atoms with van der Waals surface area (Å²) in [6, 6.07) is 1.39. The van der Waals surface area contributed by atoms with Crippen molar-refractivity contribution in [3.05, 3.63) is 11.9 Å². The van der Waals surface area contributed by atoms with E-state index in [1.54, 1.807) is 0 Å². The van der Waals surface area contributed by atoms with Crippen molar-refractivity contribution in [3.63, 3.8) is 0 Å². The van der Waals surface area contributed by atoms with Gasteiger partial charge < -0.3 is 9.88 Å². The Kier molecular flexibility index (Phi) is 2.82. The highest BCUT2D eigenvalue weighted by atomic mass is 15.2. The number of hydrogen-bond acceptors (Lipinski definition) is 2. The third-order valence-corrected chi connectivity index (χ3v) is 5.60. The first-order valence-corrected chi connectivity index (χ1v) is 8.11. The Morgan fingerprint density at radius 3 is 2.68 bits per heavy atom. The molecule has 3 fully saturated rings. The number of aryl methyl sites for hydroxylation is 1. The van der Waals surface area contributed by atoms with Gasteiger partial charge in [0.15, 0.2) is 0 Å². The van der Waals surface area contributed by atoms with E-state index >= 15 is 0 Å². The summed E-state index contributed by atoms with van der Waals surface area (Å²) in [5.41, 5.74) is 1.17. The highest BCUT2D eigenvalue weighted by Crippen LogP contribution is 2.51. The lowest BCUT2D eigenvalue weighted by Gasteiger charge is -2.26. The summed E-state index contributed by atoms with van der Waals surface area (Å²) in [4.78, 5) is 4.75. The molecule has 0 amide bonds. The number of fused-ring (bicyclic) bond motifs is 2. The molecule has 1 aromatic rings. The Hall–Kier alpha value is -0.990. The van der Waals surface area contributed by atoms with Crippen LogP contribution in [0.1, 0.15) is 63.1 Å². The first kappa shape index (κ1) is 11.8. The lowest BCUT2D eigenvalue weighted by Crippen LogP contribution is -2.22. The lowest BCUT2D eigenvalue weighted by atomic mass is 9.95. The molecule has 3 saturated carbocycles. The van der Waals surface area contributed by atoms with Gasteiger partial charge >= 0.3 is 0 Å². The van der Waals surface area contributed by atoms with Crippen molar-refractivity contribution in [3.8, 4) is 0 Å². The van der Waals surface area contributed by atoms with Crippen molar-refractivity contribution in [2.45, 2.75) is 70.4 Å². The van der Waals surface area contributed by atoms with Crippen molar-refractivity contribution in [2.75, 3.05) is 5.32 Å². The average Bonchev–Trinajstić information content (AvgIpc) is 3.13. The third kappa shape index (κ3) is 2.07. The highest BCUT2D eigenvalue weighted by Gasteiger charge is 2.41. The molecule has 1 heterocycles. The van der Waals surface area contributed by atoms with Crippen LogP contribution in [-0.4, -0.2) is 15.6 Å². The minimum atomic E-state index is 0.666. The minimum Gasteiger partial charge on any atom is -0.353 e. The molecular formula is C16H25N3. The molecule has 1 N–H and O–H groups in total. The maximum atomic E-state index is 4.75.